The smallest absolute Gasteiger partial charge is 0.264 e. The summed E-state index contributed by atoms with van der Waals surface area (Å²) in [7, 11) is -3.58. The third-order valence-corrected chi connectivity index (χ3v) is 6.63. The van der Waals surface area contributed by atoms with Crippen molar-refractivity contribution in [1.82, 2.24) is 14.9 Å². The molecule has 1 saturated carbocycles. The van der Waals surface area contributed by atoms with Crippen molar-refractivity contribution in [2.45, 2.75) is 44.0 Å². The summed E-state index contributed by atoms with van der Waals surface area (Å²) in [6, 6.07) is 8.86. The highest BCUT2D eigenvalue weighted by Gasteiger charge is 2.32. The van der Waals surface area contributed by atoms with Gasteiger partial charge < -0.3 is 5.32 Å². The van der Waals surface area contributed by atoms with Crippen LogP contribution in [0.5, 0.6) is 0 Å². The zero-order valence-corrected chi connectivity index (χ0v) is 15.1. The third-order valence-electron chi connectivity index (χ3n) is 5.28. The minimum atomic E-state index is -3.58. The lowest BCUT2D eigenvalue weighted by atomic mass is 9.77. The molecule has 1 fully saturated rings. The molecule has 0 aromatic heterocycles. The van der Waals surface area contributed by atoms with Gasteiger partial charge in [0.2, 0.25) is 5.96 Å². The van der Waals surface area contributed by atoms with Crippen molar-refractivity contribution in [3.63, 3.8) is 0 Å². The topological polar surface area (TPSA) is 73.8 Å². The van der Waals surface area contributed by atoms with E-state index in [0.717, 1.165) is 5.92 Å². The first kappa shape index (κ1) is 17.2. The summed E-state index contributed by atoms with van der Waals surface area (Å²) in [5.74, 6) is 1.69. The molecule has 1 aromatic rings. The van der Waals surface area contributed by atoms with Crippen LogP contribution in [0, 0.1) is 11.8 Å². The molecule has 3 rings (SSSR count). The fourth-order valence-corrected chi connectivity index (χ4v) is 4.61. The molecule has 3 atom stereocenters. The molecule has 0 spiro atoms. The highest BCUT2D eigenvalue weighted by atomic mass is 32.2. The van der Waals surface area contributed by atoms with Crippen LogP contribution in [0.4, 0.5) is 0 Å². The van der Waals surface area contributed by atoms with Crippen LogP contribution in [-0.4, -0.2) is 38.7 Å². The Bertz CT molecular complexity index is 690. The maximum absolute atomic E-state index is 12.3. The van der Waals surface area contributed by atoms with E-state index in [1.54, 1.807) is 30.3 Å². The van der Waals surface area contributed by atoms with Crippen LogP contribution in [0.15, 0.2) is 40.2 Å². The number of aliphatic imine (C=N–C) groups is 1. The number of rotatable bonds is 3. The summed E-state index contributed by atoms with van der Waals surface area (Å²) >= 11 is 0. The number of sulfonamides is 1. The van der Waals surface area contributed by atoms with E-state index in [1.807, 2.05) is 0 Å². The SMILES string of the molecule is C[C@H]1[C@H](N2CN=C(NS(=O)(=O)c3ccccc3)NC2)CCC[C@@H]1C. The van der Waals surface area contributed by atoms with Crippen molar-refractivity contribution >= 4 is 16.0 Å². The molecule has 1 heterocycles. The van der Waals surface area contributed by atoms with Crippen LogP contribution in [0.1, 0.15) is 33.1 Å². The zero-order valence-electron chi connectivity index (χ0n) is 14.3. The van der Waals surface area contributed by atoms with Gasteiger partial charge in [-0.05, 0) is 30.4 Å². The van der Waals surface area contributed by atoms with E-state index in [0.29, 0.717) is 31.3 Å². The highest BCUT2D eigenvalue weighted by molar-refractivity contribution is 7.90. The second-order valence-corrected chi connectivity index (χ2v) is 8.51. The summed E-state index contributed by atoms with van der Waals surface area (Å²) in [4.78, 5) is 6.95. The van der Waals surface area contributed by atoms with Gasteiger partial charge in [0.1, 0.15) is 0 Å². The maximum Gasteiger partial charge on any atom is 0.264 e. The number of hydrogen-bond acceptors (Lipinski definition) is 5. The fourth-order valence-electron chi connectivity index (χ4n) is 3.59. The molecule has 1 aromatic carbocycles. The van der Waals surface area contributed by atoms with Crippen LogP contribution in [0.25, 0.3) is 0 Å². The monoisotopic (exact) mass is 350 g/mol. The lowest BCUT2D eigenvalue weighted by molar-refractivity contribution is 0.0768. The van der Waals surface area contributed by atoms with Gasteiger partial charge in [0, 0.05) is 6.04 Å². The molecule has 0 bridgehead atoms. The Morgan fingerprint density at radius 3 is 2.62 bits per heavy atom. The van der Waals surface area contributed by atoms with E-state index >= 15 is 0 Å². The summed E-state index contributed by atoms with van der Waals surface area (Å²) in [5, 5.41) is 3.11. The van der Waals surface area contributed by atoms with Gasteiger partial charge in [0.05, 0.1) is 18.2 Å². The normalized spacial score (nSPS) is 28.8. The van der Waals surface area contributed by atoms with Crippen molar-refractivity contribution in [3.8, 4) is 0 Å². The largest absolute Gasteiger partial charge is 0.343 e. The van der Waals surface area contributed by atoms with E-state index in [4.69, 9.17) is 0 Å². The molecule has 1 aliphatic carbocycles. The molecule has 2 aliphatic rings. The van der Waals surface area contributed by atoms with Gasteiger partial charge in [-0.3, -0.25) is 4.90 Å². The first-order valence-electron chi connectivity index (χ1n) is 8.57. The Labute approximate surface area is 144 Å². The molecular formula is C17H26N4O2S. The molecule has 1 aliphatic heterocycles. The number of nitrogens with one attached hydrogen (secondary N) is 2. The Hall–Kier alpha value is -1.60. The standard InChI is InChI=1S/C17H26N4O2S/c1-13-7-6-10-16(14(13)2)21-11-18-17(19-12-21)20-24(22,23)15-8-4-3-5-9-15/h3-5,8-9,13-14,16H,6-7,10-12H2,1-2H3,(H2,18,19,20)/t13-,14+,16+/m0/s1. The van der Waals surface area contributed by atoms with Gasteiger partial charge in [-0.2, -0.15) is 0 Å². The van der Waals surface area contributed by atoms with Crippen molar-refractivity contribution in [3.05, 3.63) is 30.3 Å². The molecule has 132 valence electrons. The zero-order chi connectivity index (χ0) is 17.2. The second kappa shape index (κ2) is 7.11. The molecule has 0 amide bonds. The van der Waals surface area contributed by atoms with Crippen molar-refractivity contribution < 1.29 is 8.42 Å². The lowest BCUT2D eigenvalue weighted by Crippen LogP contribution is -2.55. The molecular weight excluding hydrogens is 324 g/mol. The summed E-state index contributed by atoms with van der Waals surface area (Å²) < 4.78 is 27.2. The summed E-state index contributed by atoms with van der Waals surface area (Å²) in [6.45, 7) is 5.78. The minimum Gasteiger partial charge on any atom is -0.343 e. The summed E-state index contributed by atoms with van der Waals surface area (Å²) in [6.07, 6.45) is 3.74. The number of benzene rings is 1. The maximum atomic E-state index is 12.3. The van der Waals surface area contributed by atoms with Crippen LogP contribution in [0.2, 0.25) is 0 Å². The van der Waals surface area contributed by atoms with Crippen molar-refractivity contribution in [1.29, 1.82) is 0 Å². The van der Waals surface area contributed by atoms with Gasteiger partial charge in [-0.25, -0.2) is 18.1 Å². The van der Waals surface area contributed by atoms with Crippen LogP contribution in [0.3, 0.4) is 0 Å². The van der Waals surface area contributed by atoms with Crippen LogP contribution >= 0.6 is 0 Å². The quantitative estimate of drug-likeness (QED) is 0.874. The van der Waals surface area contributed by atoms with E-state index in [9.17, 15) is 8.42 Å². The van der Waals surface area contributed by atoms with Gasteiger partial charge in [0.15, 0.2) is 0 Å². The first-order valence-corrected chi connectivity index (χ1v) is 10.1. The van der Waals surface area contributed by atoms with E-state index in [2.05, 4.69) is 33.8 Å². The van der Waals surface area contributed by atoms with E-state index < -0.39 is 10.0 Å². The van der Waals surface area contributed by atoms with Crippen molar-refractivity contribution in [2.24, 2.45) is 16.8 Å². The fraction of sp³-hybridized carbons (Fsp3) is 0.588. The molecule has 0 radical (unpaired) electrons. The second-order valence-electron chi connectivity index (χ2n) is 6.82. The predicted octanol–water partition coefficient (Wildman–Crippen LogP) is 1.97. The van der Waals surface area contributed by atoms with Crippen molar-refractivity contribution in [2.75, 3.05) is 13.3 Å². The molecule has 0 saturated heterocycles. The summed E-state index contributed by atoms with van der Waals surface area (Å²) in [5.41, 5.74) is 0. The Balaban J connectivity index is 1.64. The average molecular weight is 350 g/mol. The van der Waals surface area contributed by atoms with Gasteiger partial charge in [0.25, 0.3) is 10.0 Å². The predicted molar refractivity (Wildman–Crippen MR) is 94.9 cm³/mol. The Morgan fingerprint density at radius 2 is 1.96 bits per heavy atom. The van der Waals surface area contributed by atoms with E-state index in [-0.39, 0.29) is 4.90 Å². The lowest BCUT2D eigenvalue weighted by Gasteiger charge is -2.42. The minimum absolute atomic E-state index is 0.242. The molecule has 7 heteroatoms. The molecule has 24 heavy (non-hydrogen) atoms. The van der Waals surface area contributed by atoms with Crippen LogP contribution < -0.4 is 10.0 Å². The number of nitrogens with zero attached hydrogens (tertiary/aromatic N) is 2. The van der Waals surface area contributed by atoms with Gasteiger partial charge in [-0.15, -0.1) is 0 Å². The van der Waals surface area contributed by atoms with E-state index in [1.165, 1.54) is 19.3 Å². The van der Waals surface area contributed by atoms with Gasteiger partial charge in [-0.1, -0.05) is 44.9 Å². The molecule has 0 unspecified atom stereocenters. The number of guanidine groups is 1. The average Bonchev–Trinajstić information content (AvgIpc) is 2.59. The Kier molecular flexibility index (Phi) is 5.10. The Morgan fingerprint density at radius 1 is 1.21 bits per heavy atom. The molecule has 2 N–H and O–H groups in total. The van der Waals surface area contributed by atoms with Crippen LogP contribution in [-0.2, 0) is 10.0 Å². The van der Waals surface area contributed by atoms with Gasteiger partial charge >= 0.3 is 0 Å². The first-order chi connectivity index (χ1) is 11.5. The third kappa shape index (κ3) is 3.72. The molecule has 6 nitrogen and oxygen atoms in total. The number of hydrogen-bond donors (Lipinski definition) is 2. The highest BCUT2D eigenvalue weighted by Crippen LogP contribution is 2.32.